The molecule has 0 aliphatic carbocycles. The van der Waals surface area contributed by atoms with Crippen LogP contribution in [0.15, 0.2) is 130 Å². The summed E-state index contributed by atoms with van der Waals surface area (Å²) < 4.78 is 112. The van der Waals surface area contributed by atoms with Crippen LogP contribution in [0, 0.1) is 0 Å². The van der Waals surface area contributed by atoms with Crippen molar-refractivity contribution in [3.8, 4) is 0 Å². The summed E-state index contributed by atoms with van der Waals surface area (Å²) in [6.07, 6.45) is -5.07. The Labute approximate surface area is 378 Å². The van der Waals surface area contributed by atoms with Gasteiger partial charge in [0.1, 0.15) is 5.82 Å². The number of allylic oxidation sites excluding steroid dienone is 1. The summed E-state index contributed by atoms with van der Waals surface area (Å²) in [5, 5.41) is 7.62. The number of aromatic amines is 1. The number of benzene rings is 5. The number of aromatic nitrogens is 2. The number of carboxylic acid groups (broad SMARTS) is 1. The zero-order valence-electron chi connectivity index (χ0n) is 30.8. The molecule has 0 radical (unpaired) electrons. The van der Waals surface area contributed by atoms with E-state index in [4.69, 9.17) is 28.2 Å². The molecule has 6 aromatic rings. The highest BCUT2D eigenvalue weighted by Crippen LogP contribution is 2.31. The molecular weight excluding hydrogens is 999 g/mol. The maximum atomic E-state index is 12.5. The van der Waals surface area contributed by atoms with Crippen molar-refractivity contribution in [2.24, 2.45) is 0 Å². The number of fused-ring (bicyclic) bond motifs is 1. The lowest BCUT2D eigenvalue weighted by atomic mass is 10.1. The van der Waals surface area contributed by atoms with Gasteiger partial charge in [0.05, 0.1) is 39.1 Å². The molecule has 7 nitrogen and oxygen atoms in total. The summed E-state index contributed by atoms with van der Waals surface area (Å²) in [5.74, 6) is -0.497. The number of imidazole rings is 1. The van der Waals surface area contributed by atoms with Crippen LogP contribution in [0.1, 0.15) is 54.1 Å². The number of carboxylic acids is 1. The second kappa shape index (κ2) is 24.7. The first-order valence-electron chi connectivity index (χ1n) is 16.8. The van der Waals surface area contributed by atoms with Gasteiger partial charge in [-0.05, 0) is 119 Å². The molecule has 0 aliphatic heterocycles. The van der Waals surface area contributed by atoms with Crippen LogP contribution in [0.25, 0.3) is 35.3 Å². The van der Waals surface area contributed by atoms with Crippen LogP contribution < -0.4 is 11.5 Å². The van der Waals surface area contributed by atoms with Crippen molar-refractivity contribution >= 4 is 101 Å². The van der Waals surface area contributed by atoms with Crippen LogP contribution in [0.4, 0.5) is 50.9 Å². The lowest BCUT2D eigenvalue weighted by molar-refractivity contribution is -0.138. The summed E-state index contributed by atoms with van der Waals surface area (Å²) in [7, 11) is 0. The fourth-order valence-corrected chi connectivity index (χ4v) is 5.28. The van der Waals surface area contributed by atoms with Gasteiger partial charge in [0.25, 0.3) is 0 Å². The number of rotatable bonds is 6. The van der Waals surface area contributed by atoms with Crippen LogP contribution in [0.3, 0.4) is 0 Å². The van der Waals surface area contributed by atoms with Gasteiger partial charge in [-0.1, -0.05) is 95.3 Å². The molecule has 0 spiro atoms. The molecular formula is C44H38Br2ClF9N4O3. The van der Waals surface area contributed by atoms with Gasteiger partial charge >= 0.3 is 24.5 Å². The molecule has 0 saturated heterocycles. The first-order valence-corrected chi connectivity index (χ1v) is 18.8. The van der Waals surface area contributed by atoms with Crippen molar-refractivity contribution in [3.05, 3.63) is 169 Å². The zero-order valence-corrected chi connectivity index (χ0v) is 34.7. The van der Waals surface area contributed by atoms with Crippen LogP contribution in [0.5, 0.6) is 0 Å². The predicted octanol–water partition coefficient (Wildman–Crippen LogP) is 14.7. The number of halogens is 12. The Bertz CT molecular complexity index is 2410. The van der Waals surface area contributed by atoms with Crippen LogP contribution in [-0.4, -0.2) is 26.3 Å². The van der Waals surface area contributed by atoms with E-state index < -0.39 is 46.4 Å². The molecule has 1 heterocycles. The number of hydrogen-bond donors (Lipinski definition) is 4. The topological polar surface area (TPSA) is 135 Å². The largest absolute Gasteiger partial charge is 0.478 e. The number of anilines is 2. The van der Waals surface area contributed by atoms with Crippen molar-refractivity contribution in [2.45, 2.75) is 33.4 Å². The number of alkyl halides is 9. The molecule has 0 saturated carbocycles. The third kappa shape index (κ3) is 19.8. The Balaban J connectivity index is 0.000000434. The average Bonchev–Trinajstić information content (AvgIpc) is 3.59. The lowest BCUT2D eigenvalue weighted by Crippen LogP contribution is -2.03. The number of nitrogens with two attached hydrogens (primary N) is 2. The standard InChI is InChI=1S/C16H10BrF3N2.C10H6ClF3O.C10H7F3O2.C6H7BrN2.2CH4/c17-12-6-7-13-14(9-12)22-15(21-13)8-3-10-1-4-11(5-2-10)16(18,19)20;11-9(15)6-3-7-1-4-8(5-2-7)10(12,13)14;11-10(12,13)8-4-1-7(2-5-8)3-6-9(14)15;7-4-1-2-5(8)6(9)3-4;;/h1-9H,(H,21,22);1-6H;1-6H,(H,14,15);1-3H,8-9H2;2*1H4/b8-3+;2*6-3+;;;. The quantitative estimate of drug-likeness (QED) is 0.0568. The van der Waals surface area contributed by atoms with Gasteiger partial charge in [0.15, 0.2) is 0 Å². The number of aliphatic carboxylic acids is 1. The minimum atomic E-state index is -4.37. The molecule has 63 heavy (non-hydrogen) atoms. The monoisotopic (exact) mass is 1030 g/mol. The number of carbonyl (C=O) groups excluding carboxylic acids is 1. The highest BCUT2D eigenvalue weighted by molar-refractivity contribution is 9.10. The Morgan fingerprint density at radius 2 is 0.968 bits per heavy atom. The Morgan fingerprint density at radius 1 is 0.571 bits per heavy atom. The maximum absolute atomic E-state index is 12.5. The van der Waals surface area contributed by atoms with E-state index in [0.29, 0.717) is 33.9 Å². The molecule has 0 amide bonds. The minimum Gasteiger partial charge on any atom is -0.478 e. The van der Waals surface area contributed by atoms with Crippen LogP contribution >= 0.6 is 43.5 Å². The molecule has 6 N–H and O–H groups in total. The van der Waals surface area contributed by atoms with Gasteiger partial charge in [-0.15, -0.1) is 0 Å². The van der Waals surface area contributed by atoms with E-state index in [2.05, 4.69) is 41.8 Å². The van der Waals surface area contributed by atoms with Gasteiger partial charge < -0.3 is 21.6 Å². The van der Waals surface area contributed by atoms with Crippen LogP contribution in [-0.2, 0) is 28.1 Å². The Hall–Kier alpha value is -5.85. The van der Waals surface area contributed by atoms with E-state index in [1.54, 1.807) is 24.3 Å². The number of H-pyrrole nitrogens is 1. The second-order valence-corrected chi connectivity index (χ2v) is 14.3. The number of hydrogen-bond acceptors (Lipinski definition) is 5. The smallest absolute Gasteiger partial charge is 0.416 e. The molecule has 0 bridgehead atoms. The van der Waals surface area contributed by atoms with Crippen molar-refractivity contribution in [1.29, 1.82) is 0 Å². The van der Waals surface area contributed by atoms with Gasteiger partial charge in [0, 0.05) is 15.0 Å². The molecule has 6 rings (SSSR count). The highest BCUT2D eigenvalue weighted by Gasteiger charge is 2.31. The first-order chi connectivity index (χ1) is 28.4. The predicted molar refractivity (Wildman–Crippen MR) is 240 cm³/mol. The number of nitrogens with one attached hydrogen (secondary N) is 1. The van der Waals surface area contributed by atoms with Gasteiger partial charge in [-0.2, -0.15) is 39.5 Å². The SMILES string of the molecule is C.C.FC(F)(F)c1ccc(/C=C/c2nc3ccc(Br)cc3[nH]2)cc1.Nc1ccc(Br)cc1N.O=C(Cl)/C=C/c1ccc(C(F)(F)F)cc1.O=C(O)/C=C/c1ccc(C(F)(F)F)cc1. The molecule has 0 aliphatic rings. The normalized spacial score (nSPS) is 11.4. The molecule has 1 aromatic heterocycles. The molecule has 0 atom stereocenters. The molecule has 19 heteroatoms. The number of nitrogens with zero attached hydrogens (tertiary/aromatic N) is 1. The van der Waals surface area contributed by atoms with Gasteiger partial charge in [-0.25, -0.2) is 9.78 Å². The minimum absolute atomic E-state index is 0. The van der Waals surface area contributed by atoms with E-state index in [1.165, 1.54) is 48.6 Å². The number of carbonyl (C=O) groups is 2. The van der Waals surface area contributed by atoms with E-state index in [0.717, 1.165) is 68.5 Å². The number of nitrogen functional groups attached to an aromatic ring is 2. The molecule has 0 unspecified atom stereocenters. The zero-order chi connectivity index (χ0) is 45.5. The summed E-state index contributed by atoms with van der Waals surface area (Å²) in [5.41, 5.74) is 13.3. The van der Waals surface area contributed by atoms with Crippen molar-refractivity contribution in [1.82, 2.24) is 9.97 Å². The summed E-state index contributed by atoms with van der Waals surface area (Å²) in [6.45, 7) is 0. The fourth-order valence-electron chi connectivity index (χ4n) is 4.48. The molecule has 336 valence electrons. The lowest BCUT2D eigenvalue weighted by Gasteiger charge is -2.05. The van der Waals surface area contributed by atoms with Gasteiger partial charge in [0.2, 0.25) is 5.24 Å². The van der Waals surface area contributed by atoms with E-state index in [-0.39, 0.29) is 14.9 Å². The van der Waals surface area contributed by atoms with E-state index in [9.17, 15) is 49.1 Å². The Morgan fingerprint density at radius 3 is 1.35 bits per heavy atom. The van der Waals surface area contributed by atoms with Crippen molar-refractivity contribution in [3.63, 3.8) is 0 Å². The summed E-state index contributed by atoms with van der Waals surface area (Å²) >= 11 is 11.7. The fraction of sp³-hybridized carbons (Fsp3) is 0.114. The molecule has 5 aromatic carbocycles. The molecule has 0 fully saturated rings. The highest BCUT2D eigenvalue weighted by atomic mass is 79.9. The second-order valence-electron chi connectivity index (χ2n) is 12.1. The third-order valence-electron chi connectivity index (χ3n) is 7.48. The van der Waals surface area contributed by atoms with Crippen molar-refractivity contribution < 1.29 is 54.2 Å². The third-order valence-corrected chi connectivity index (χ3v) is 8.60. The van der Waals surface area contributed by atoms with Gasteiger partial charge in [-0.3, -0.25) is 4.79 Å². The summed E-state index contributed by atoms with van der Waals surface area (Å²) in [4.78, 5) is 28.0. The summed E-state index contributed by atoms with van der Waals surface area (Å²) in [6, 6.07) is 24.7. The average molecular weight is 1040 g/mol. The Kier molecular flexibility index (Phi) is 21.6. The van der Waals surface area contributed by atoms with Crippen molar-refractivity contribution in [2.75, 3.05) is 11.5 Å². The van der Waals surface area contributed by atoms with Crippen LogP contribution in [0.2, 0.25) is 0 Å². The maximum Gasteiger partial charge on any atom is 0.416 e. The van der Waals surface area contributed by atoms with E-state index >= 15 is 0 Å². The van der Waals surface area contributed by atoms with E-state index in [1.807, 2.05) is 24.3 Å². The first kappa shape index (κ1) is 55.2.